The number of fused-ring (bicyclic) bond motifs is 1. The third-order valence-electron chi connectivity index (χ3n) is 7.52. The highest BCUT2D eigenvalue weighted by Crippen LogP contribution is 2.43. The van der Waals surface area contributed by atoms with Crippen molar-refractivity contribution in [3.8, 4) is 23.0 Å². The van der Waals surface area contributed by atoms with Crippen LogP contribution in [0.2, 0.25) is 0 Å². The van der Waals surface area contributed by atoms with E-state index in [1.165, 1.54) is 12.0 Å². The van der Waals surface area contributed by atoms with Gasteiger partial charge in [-0.1, -0.05) is 36.4 Å². The van der Waals surface area contributed by atoms with Gasteiger partial charge in [-0.25, -0.2) is 0 Å². The van der Waals surface area contributed by atoms with Gasteiger partial charge < -0.3 is 33.7 Å². The van der Waals surface area contributed by atoms with Crippen molar-refractivity contribution in [3.63, 3.8) is 0 Å². The van der Waals surface area contributed by atoms with E-state index in [4.69, 9.17) is 23.7 Å². The average molecular weight is 558 g/mol. The Hall–Kier alpha value is -4.50. The first-order valence-corrected chi connectivity index (χ1v) is 13.7. The van der Waals surface area contributed by atoms with Crippen molar-refractivity contribution in [1.29, 1.82) is 0 Å². The smallest absolute Gasteiger partial charge is 0.295 e. The number of carbonyl (C=O) groups is 2. The Morgan fingerprint density at radius 1 is 0.951 bits per heavy atom. The summed E-state index contributed by atoms with van der Waals surface area (Å²) in [5.74, 6) is 0.245. The largest absolute Gasteiger partial charge is 0.507 e. The van der Waals surface area contributed by atoms with Crippen molar-refractivity contribution < 1.29 is 38.4 Å². The van der Waals surface area contributed by atoms with E-state index in [1.807, 2.05) is 30.3 Å². The first kappa shape index (κ1) is 26.7. The Kier molecular flexibility index (Phi) is 7.52. The number of aliphatic hydroxyl groups is 1. The molecule has 1 N–H and O–H groups in total. The van der Waals surface area contributed by atoms with E-state index in [-0.39, 0.29) is 24.0 Å². The van der Waals surface area contributed by atoms with Crippen LogP contribution in [0, 0.1) is 0 Å². The number of benzene rings is 3. The van der Waals surface area contributed by atoms with Gasteiger partial charge in [-0.2, -0.15) is 0 Å². The van der Waals surface area contributed by atoms with E-state index in [0.29, 0.717) is 60.6 Å². The minimum atomic E-state index is -0.857. The third-order valence-corrected chi connectivity index (χ3v) is 7.52. The predicted molar refractivity (Wildman–Crippen MR) is 149 cm³/mol. The molecule has 2 saturated heterocycles. The van der Waals surface area contributed by atoms with Gasteiger partial charge in [0.25, 0.3) is 11.7 Å². The summed E-state index contributed by atoms with van der Waals surface area (Å²) in [7, 11) is 1.53. The zero-order valence-corrected chi connectivity index (χ0v) is 22.7. The average Bonchev–Trinajstić information content (AvgIpc) is 3.62. The summed E-state index contributed by atoms with van der Waals surface area (Å²) in [6, 6.07) is 19.2. The topological polar surface area (TPSA) is 104 Å². The number of ether oxygens (including phenoxy) is 5. The lowest BCUT2D eigenvalue weighted by molar-refractivity contribution is -0.140. The molecule has 3 aromatic carbocycles. The van der Waals surface area contributed by atoms with Crippen molar-refractivity contribution >= 4 is 17.4 Å². The van der Waals surface area contributed by atoms with Crippen LogP contribution in [0.4, 0.5) is 0 Å². The quantitative estimate of drug-likeness (QED) is 0.243. The molecule has 3 heterocycles. The van der Waals surface area contributed by atoms with E-state index in [1.54, 1.807) is 36.4 Å². The molecule has 0 radical (unpaired) electrons. The Labute approximate surface area is 237 Å². The zero-order chi connectivity index (χ0) is 28.3. The Balaban J connectivity index is 1.39. The minimum Gasteiger partial charge on any atom is -0.507 e. The molecule has 0 aliphatic carbocycles. The minimum absolute atomic E-state index is 0.00955. The molecule has 0 bridgehead atoms. The summed E-state index contributed by atoms with van der Waals surface area (Å²) in [6.07, 6.45) is 1.48. The van der Waals surface area contributed by atoms with Gasteiger partial charge in [0, 0.05) is 18.7 Å². The fourth-order valence-electron chi connectivity index (χ4n) is 5.48. The number of hydrogen-bond acceptors (Lipinski definition) is 8. The number of likely N-dealkylation sites (tertiary alicyclic amines) is 1. The highest BCUT2D eigenvalue weighted by molar-refractivity contribution is 6.46. The van der Waals surface area contributed by atoms with E-state index < -0.39 is 17.7 Å². The number of amides is 1. The third kappa shape index (κ3) is 5.32. The van der Waals surface area contributed by atoms with Crippen molar-refractivity contribution in [2.75, 3.05) is 33.5 Å². The molecule has 9 nitrogen and oxygen atoms in total. The van der Waals surface area contributed by atoms with E-state index in [2.05, 4.69) is 0 Å². The fraction of sp³-hybridized carbons (Fsp3) is 0.312. The molecule has 0 unspecified atom stereocenters. The van der Waals surface area contributed by atoms with Crippen LogP contribution >= 0.6 is 0 Å². The van der Waals surface area contributed by atoms with Crippen molar-refractivity contribution in [2.24, 2.45) is 0 Å². The van der Waals surface area contributed by atoms with Gasteiger partial charge in [0.1, 0.15) is 25.6 Å². The summed E-state index contributed by atoms with van der Waals surface area (Å²) in [6.45, 7) is 1.98. The van der Waals surface area contributed by atoms with Crippen LogP contribution in [0.25, 0.3) is 5.76 Å². The molecule has 0 saturated carbocycles. The predicted octanol–water partition coefficient (Wildman–Crippen LogP) is 4.65. The number of methoxy groups -OCH3 is 1. The molecular formula is C32H31NO8. The molecule has 2 fully saturated rings. The van der Waals surface area contributed by atoms with Crippen LogP contribution in [0.5, 0.6) is 23.0 Å². The molecule has 3 aromatic rings. The maximum Gasteiger partial charge on any atom is 0.295 e. The van der Waals surface area contributed by atoms with E-state index in [0.717, 1.165) is 18.4 Å². The van der Waals surface area contributed by atoms with Crippen LogP contribution in [-0.2, 0) is 20.9 Å². The standard InChI is InChI=1S/C32H31NO8/c1-37-26-16-21(9-11-24(26)41-19-20-6-3-2-4-7-20)29-28(31(35)32(36)33(29)18-23-8-5-13-38-23)30(34)22-10-12-25-27(17-22)40-15-14-39-25/h2-4,6-7,9-12,16-17,23,29,34H,5,8,13-15,18-19H2,1H3/t23-,29-/m1/s1. The van der Waals surface area contributed by atoms with Crippen molar-refractivity contribution in [1.82, 2.24) is 4.90 Å². The number of ketones is 1. The van der Waals surface area contributed by atoms with Crippen LogP contribution in [0.1, 0.15) is 35.6 Å². The molecule has 3 aliphatic rings. The number of rotatable bonds is 8. The molecule has 41 heavy (non-hydrogen) atoms. The van der Waals surface area contributed by atoms with Crippen molar-refractivity contribution in [3.05, 3.63) is 89.0 Å². The van der Waals surface area contributed by atoms with Crippen LogP contribution in [0.3, 0.4) is 0 Å². The Bertz CT molecular complexity index is 1480. The second-order valence-electron chi connectivity index (χ2n) is 10.1. The van der Waals surface area contributed by atoms with Crippen LogP contribution in [0.15, 0.2) is 72.3 Å². The first-order valence-electron chi connectivity index (χ1n) is 13.7. The lowest BCUT2D eigenvalue weighted by Gasteiger charge is -2.28. The Morgan fingerprint density at radius 2 is 1.76 bits per heavy atom. The van der Waals surface area contributed by atoms with Gasteiger partial charge in [0.2, 0.25) is 0 Å². The van der Waals surface area contributed by atoms with Crippen LogP contribution in [-0.4, -0.2) is 61.3 Å². The lowest BCUT2D eigenvalue weighted by atomic mass is 9.94. The molecule has 0 aromatic heterocycles. The highest BCUT2D eigenvalue weighted by Gasteiger charge is 2.47. The molecule has 0 spiro atoms. The summed E-state index contributed by atoms with van der Waals surface area (Å²) in [5, 5.41) is 11.5. The monoisotopic (exact) mass is 557 g/mol. The molecule has 2 atom stereocenters. The van der Waals surface area contributed by atoms with Gasteiger partial charge in [-0.3, -0.25) is 9.59 Å². The molecule has 212 valence electrons. The SMILES string of the molecule is COc1cc([C@@H]2C(=C(O)c3ccc4c(c3)OCCO4)C(=O)C(=O)N2C[C@H]2CCCO2)ccc1OCc1ccccc1. The molecular weight excluding hydrogens is 526 g/mol. The van der Waals surface area contributed by atoms with Gasteiger partial charge in [0.15, 0.2) is 23.0 Å². The first-order chi connectivity index (χ1) is 20.0. The van der Waals surface area contributed by atoms with E-state index in [9.17, 15) is 14.7 Å². The summed E-state index contributed by atoms with van der Waals surface area (Å²) < 4.78 is 28.8. The van der Waals surface area contributed by atoms with Gasteiger partial charge >= 0.3 is 0 Å². The normalized spacial score (nSPS) is 21.2. The second kappa shape index (κ2) is 11.5. The number of carbonyl (C=O) groups excluding carboxylic acids is 2. The molecule has 3 aliphatic heterocycles. The van der Waals surface area contributed by atoms with Gasteiger partial charge in [-0.05, 0) is 54.3 Å². The summed E-state index contributed by atoms with van der Waals surface area (Å²) >= 11 is 0. The fourth-order valence-corrected chi connectivity index (χ4v) is 5.48. The second-order valence-corrected chi connectivity index (χ2v) is 10.1. The number of Topliss-reactive ketones (excluding diaryl/α,β-unsaturated/α-hetero) is 1. The van der Waals surface area contributed by atoms with Crippen molar-refractivity contribution in [2.45, 2.75) is 31.6 Å². The molecule has 1 amide bonds. The zero-order valence-electron chi connectivity index (χ0n) is 22.7. The Morgan fingerprint density at radius 3 is 2.51 bits per heavy atom. The maximum absolute atomic E-state index is 13.5. The molecule has 9 heteroatoms. The van der Waals surface area contributed by atoms with Gasteiger partial charge in [0.05, 0.1) is 24.8 Å². The summed E-state index contributed by atoms with van der Waals surface area (Å²) in [4.78, 5) is 28.4. The van der Waals surface area contributed by atoms with Gasteiger partial charge in [-0.15, -0.1) is 0 Å². The van der Waals surface area contributed by atoms with Crippen LogP contribution < -0.4 is 18.9 Å². The highest BCUT2D eigenvalue weighted by atomic mass is 16.6. The number of aliphatic hydroxyl groups excluding tert-OH is 1. The molecule has 6 rings (SSSR count). The summed E-state index contributed by atoms with van der Waals surface area (Å²) in [5.41, 5.74) is 1.95. The van der Waals surface area contributed by atoms with E-state index >= 15 is 0 Å². The maximum atomic E-state index is 13.5. The lowest BCUT2D eigenvalue weighted by Crippen LogP contribution is -2.36. The number of nitrogens with zero attached hydrogens (tertiary/aromatic N) is 1. The number of hydrogen-bond donors (Lipinski definition) is 1.